The number of aliphatic imine (C=N–C) groups is 1. The Balaban J connectivity index is 0.639. The molecule has 2 amide bonds. The lowest BCUT2D eigenvalue weighted by molar-refractivity contribution is -0.127. The molecule has 7 aromatic rings. The number of anilines is 1. The molecule has 2 atom stereocenters. The maximum Gasteiger partial charge on any atom is 0.246 e. The number of carbonyl (C=O) groups is 2. The summed E-state index contributed by atoms with van der Waals surface area (Å²) in [6.07, 6.45) is 8.99. The standard InChI is InChI=1S/C56H65ClN14O3S/c1-37-38(2)75-56-49(37)51(40-16-20-42(57)21-17-40)62-46(54-64-63-39(3)70(54)56)34-47(72)59-24-10-27-67-30-32-68(33-31-67)28-11-26-66(4)25-9-15-48(73)69-29-8-12-43(35-69)71-55-50(53(58)60-36-61-55)52(65-71)41-18-22-45(23-19-41)74-44-13-6-5-7-14-44/h5-7,9,13-23,36,43,46H,8,10-12,24-35H2,1-4H3,(H,59,72)(H2,58,60,61)/b15-9+/t43-,46+/m1/s1. The Morgan fingerprint density at radius 1 is 0.893 bits per heavy atom. The van der Waals surface area contributed by atoms with Crippen LogP contribution in [0.3, 0.4) is 0 Å². The molecule has 0 radical (unpaired) electrons. The predicted molar refractivity (Wildman–Crippen MR) is 296 cm³/mol. The summed E-state index contributed by atoms with van der Waals surface area (Å²) in [6, 6.07) is 24.6. The van der Waals surface area contributed by atoms with Crippen molar-refractivity contribution in [3.8, 4) is 27.8 Å². The molecule has 0 aliphatic carbocycles. The van der Waals surface area contributed by atoms with E-state index in [1.807, 2.05) is 101 Å². The minimum atomic E-state index is -0.494. The van der Waals surface area contributed by atoms with Crippen LogP contribution < -0.4 is 15.8 Å². The zero-order valence-corrected chi connectivity index (χ0v) is 44.7. The van der Waals surface area contributed by atoms with Crippen molar-refractivity contribution in [2.45, 2.75) is 65.0 Å². The number of carbonyl (C=O) groups excluding carboxylic acids is 2. The van der Waals surface area contributed by atoms with Gasteiger partial charge in [0.2, 0.25) is 11.8 Å². The molecule has 0 unspecified atom stereocenters. The lowest BCUT2D eigenvalue weighted by Gasteiger charge is -2.35. The first kappa shape index (κ1) is 51.6. The van der Waals surface area contributed by atoms with Crippen molar-refractivity contribution in [3.05, 3.63) is 136 Å². The number of likely N-dealkylation sites (tertiary alicyclic amines) is 1. The minimum Gasteiger partial charge on any atom is -0.457 e. The summed E-state index contributed by atoms with van der Waals surface area (Å²) in [5.74, 6) is 3.25. The highest BCUT2D eigenvalue weighted by Crippen LogP contribution is 2.40. The Morgan fingerprint density at radius 3 is 2.37 bits per heavy atom. The number of nitrogens with zero attached hydrogens (tertiary/aromatic N) is 12. The summed E-state index contributed by atoms with van der Waals surface area (Å²) in [5, 5.41) is 19.6. The molecule has 75 heavy (non-hydrogen) atoms. The third-order valence-corrected chi connectivity index (χ3v) is 16.0. The summed E-state index contributed by atoms with van der Waals surface area (Å²) in [5.41, 5.74) is 12.7. The largest absolute Gasteiger partial charge is 0.457 e. The first-order valence-corrected chi connectivity index (χ1v) is 27.2. The van der Waals surface area contributed by atoms with E-state index in [9.17, 15) is 9.59 Å². The normalized spacial score (nSPS) is 17.3. The molecular formula is C56H65ClN14O3S. The smallest absolute Gasteiger partial charge is 0.246 e. The Labute approximate surface area is 447 Å². The molecule has 0 spiro atoms. The summed E-state index contributed by atoms with van der Waals surface area (Å²) in [7, 11) is 2.11. The molecule has 3 N–H and O–H groups in total. The van der Waals surface area contributed by atoms with Crippen molar-refractivity contribution in [2.75, 3.05) is 84.8 Å². The summed E-state index contributed by atoms with van der Waals surface area (Å²) >= 11 is 7.98. The molecule has 4 aromatic heterocycles. The zero-order chi connectivity index (χ0) is 52.0. The van der Waals surface area contributed by atoms with Crippen molar-refractivity contribution in [1.82, 2.24) is 59.4 Å². The van der Waals surface area contributed by atoms with Gasteiger partial charge in [-0.15, -0.1) is 21.5 Å². The highest BCUT2D eigenvalue weighted by atomic mass is 35.5. The molecule has 390 valence electrons. The number of hydrogen-bond acceptors (Lipinski definition) is 14. The number of benzene rings is 3. The van der Waals surface area contributed by atoms with Crippen LogP contribution in [0.2, 0.25) is 5.02 Å². The average molecular weight is 1050 g/mol. The van der Waals surface area contributed by atoms with E-state index in [0.29, 0.717) is 65.3 Å². The van der Waals surface area contributed by atoms with Crippen LogP contribution in [0.1, 0.15) is 77.4 Å². The number of amides is 2. The number of piperazine rings is 1. The minimum absolute atomic E-state index is 0.00569. The monoisotopic (exact) mass is 1050 g/mol. The van der Waals surface area contributed by atoms with Crippen LogP contribution in [-0.2, 0) is 9.59 Å². The second kappa shape index (κ2) is 23.4. The van der Waals surface area contributed by atoms with Gasteiger partial charge in [-0.2, -0.15) is 5.10 Å². The van der Waals surface area contributed by atoms with E-state index in [1.165, 1.54) is 11.2 Å². The van der Waals surface area contributed by atoms with E-state index in [1.54, 1.807) is 17.4 Å². The summed E-state index contributed by atoms with van der Waals surface area (Å²) in [4.78, 5) is 51.6. The van der Waals surface area contributed by atoms with Crippen LogP contribution in [0, 0.1) is 20.8 Å². The number of hydrogen-bond donors (Lipinski definition) is 2. The van der Waals surface area contributed by atoms with Gasteiger partial charge < -0.3 is 35.4 Å². The second-order valence-corrected chi connectivity index (χ2v) is 21.4. The van der Waals surface area contributed by atoms with Crippen molar-refractivity contribution in [1.29, 1.82) is 0 Å². The third kappa shape index (κ3) is 11.8. The first-order valence-electron chi connectivity index (χ1n) is 26.0. The Bertz CT molecular complexity index is 3180. The molecule has 3 aromatic carbocycles. The van der Waals surface area contributed by atoms with Gasteiger partial charge in [-0.25, -0.2) is 14.6 Å². The number of thiophene rings is 1. The molecule has 3 aliphatic heterocycles. The van der Waals surface area contributed by atoms with Crippen LogP contribution in [0.25, 0.3) is 27.3 Å². The Morgan fingerprint density at radius 2 is 1.61 bits per heavy atom. The van der Waals surface area contributed by atoms with Crippen LogP contribution in [0.5, 0.6) is 11.5 Å². The molecule has 0 bridgehead atoms. The lowest BCUT2D eigenvalue weighted by Crippen LogP contribution is -2.47. The number of ether oxygens (including phenoxy) is 1. The molecule has 2 fully saturated rings. The second-order valence-electron chi connectivity index (χ2n) is 19.8. The summed E-state index contributed by atoms with van der Waals surface area (Å²) < 4.78 is 10.0. The van der Waals surface area contributed by atoms with Gasteiger partial charge in [0.25, 0.3) is 0 Å². The SMILES string of the molecule is Cc1sc2c(c1C)C(c1ccc(Cl)cc1)=N[C@@H](CC(=O)NCCCN1CCN(CCCN(C)C/C=C/C(=O)N3CCC[C@@H](n4nc(-c5ccc(Oc6ccccc6)cc5)c5c(N)ncnc54)C3)CC1)c1nnc(C)n1-2. The Kier molecular flexibility index (Phi) is 16.1. The number of aryl methyl sites for hydroxylation is 2. The fourth-order valence-corrected chi connectivity index (χ4v) is 11.7. The molecule has 10 rings (SSSR count). The first-order chi connectivity index (χ1) is 36.5. The lowest BCUT2D eigenvalue weighted by atomic mass is 9.99. The maximum absolute atomic E-state index is 13.5. The van der Waals surface area contributed by atoms with Gasteiger partial charge in [-0.3, -0.25) is 19.1 Å². The molecule has 3 aliphatic rings. The number of para-hydroxylation sites is 1. The van der Waals surface area contributed by atoms with Gasteiger partial charge in [0.1, 0.15) is 46.2 Å². The number of likely N-dealkylation sites (N-methyl/N-ethyl adjacent to an activating group) is 1. The van der Waals surface area contributed by atoms with Crippen LogP contribution >= 0.6 is 22.9 Å². The topological polar surface area (TPSA) is 181 Å². The van der Waals surface area contributed by atoms with Crippen molar-refractivity contribution in [3.63, 3.8) is 0 Å². The number of nitrogens with one attached hydrogen (secondary N) is 1. The van der Waals surface area contributed by atoms with Crippen molar-refractivity contribution in [2.24, 2.45) is 4.99 Å². The number of fused-ring (bicyclic) bond motifs is 4. The molecule has 19 heteroatoms. The number of piperidine rings is 1. The van der Waals surface area contributed by atoms with E-state index in [2.05, 4.69) is 65.6 Å². The number of aromatic nitrogens is 7. The van der Waals surface area contributed by atoms with E-state index < -0.39 is 6.04 Å². The fraction of sp³-hybridized carbons (Fsp3) is 0.393. The highest BCUT2D eigenvalue weighted by molar-refractivity contribution is 7.15. The average Bonchev–Trinajstić information content (AvgIpc) is 4.08. The fourth-order valence-electron chi connectivity index (χ4n) is 10.4. The third-order valence-electron chi connectivity index (χ3n) is 14.5. The Hall–Kier alpha value is -6.83. The van der Waals surface area contributed by atoms with Crippen LogP contribution in [0.15, 0.2) is 102 Å². The number of nitrogen functional groups attached to an aromatic ring is 1. The molecule has 7 heterocycles. The van der Waals surface area contributed by atoms with Gasteiger partial charge in [-0.1, -0.05) is 48.0 Å². The number of nitrogens with two attached hydrogens (primary N) is 1. The predicted octanol–water partition coefficient (Wildman–Crippen LogP) is 8.24. The van der Waals surface area contributed by atoms with Gasteiger partial charge in [0.15, 0.2) is 11.5 Å². The quantitative estimate of drug-likeness (QED) is 0.0622. The number of halogens is 1. The molecule has 2 saturated heterocycles. The van der Waals surface area contributed by atoms with E-state index in [4.69, 9.17) is 32.2 Å². The highest BCUT2D eigenvalue weighted by Gasteiger charge is 2.33. The van der Waals surface area contributed by atoms with Gasteiger partial charge in [0.05, 0.1) is 23.6 Å². The van der Waals surface area contributed by atoms with E-state index in [0.717, 1.165) is 116 Å². The molecule has 17 nitrogen and oxygen atoms in total. The van der Waals surface area contributed by atoms with E-state index >= 15 is 0 Å². The molecule has 0 saturated carbocycles. The van der Waals surface area contributed by atoms with Crippen LogP contribution in [-0.4, -0.2) is 151 Å². The molecular weight excluding hydrogens is 984 g/mol. The van der Waals surface area contributed by atoms with Gasteiger partial charge in [-0.05, 0) is 127 Å². The summed E-state index contributed by atoms with van der Waals surface area (Å²) in [6.45, 7) is 15.7. The maximum atomic E-state index is 13.5. The van der Waals surface area contributed by atoms with Crippen molar-refractivity contribution >= 4 is 57.3 Å². The van der Waals surface area contributed by atoms with E-state index in [-0.39, 0.29) is 24.3 Å². The van der Waals surface area contributed by atoms with Gasteiger partial charge >= 0.3 is 0 Å². The zero-order valence-electron chi connectivity index (χ0n) is 43.2. The van der Waals surface area contributed by atoms with Crippen LogP contribution in [0.4, 0.5) is 5.82 Å². The van der Waals surface area contributed by atoms with Gasteiger partial charge in [0, 0.05) is 85.0 Å². The van der Waals surface area contributed by atoms with Crippen molar-refractivity contribution < 1.29 is 14.3 Å². The number of rotatable bonds is 18.